The molecule has 0 bridgehead atoms. The molecule has 0 amide bonds. The molecule has 0 unspecified atom stereocenters. The van der Waals surface area contributed by atoms with Crippen LogP contribution in [0.25, 0.3) is 0 Å². The number of nitrogens with zero attached hydrogens (tertiary/aromatic N) is 2. The highest BCUT2D eigenvalue weighted by atomic mass is 79.9. The third kappa shape index (κ3) is 3.39. The fourth-order valence-corrected chi connectivity index (χ4v) is 2.82. The van der Waals surface area contributed by atoms with Crippen LogP contribution < -0.4 is 16.6 Å². The van der Waals surface area contributed by atoms with Crippen LogP contribution in [-0.2, 0) is 18.8 Å². The van der Waals surface area contributed by atoms with E-state index in [4.69, 9.17) is 16.3 Å². The molecule has 0 spiro atoms. The summed E-state index contributed by atoms with van der Waals surface area (Å²) < 4.78 is 7.71. The SMILES string of the molecule is CCOC(=O)c1c(Nc2ccc(Br)cc2Cl)n(C)c(=O)n(C)c1=O. The van der Waals surface area contributed by atoms with Gasteiger partial charge in [-0.2, -0.15) is 0 Å². The minimum Gasteiger partial charge on any atom is -0.462 e. The fourth-order valence-electron chi connectivity index (χ4n) is 2.10. The zero-order valence-corrected chi connectivity index (χ0v) is 15.6. The summed E-state index contributed by atoms with van der Waals surface area (Å²) in [6, 6.07) is 5.04. The van der Waals surface area contributed by atoms with E-state index in [-0.39, 0.29) is 18.0 Å². The minimum atomic E-state index is -0.815. The number of benzene rings is 1. The predicted molar refractivity (Wildman–Crippen MR) is 95.3 cm³/mol. The lowest BCUT2D eigenvalue weighted by atomic mass is 10.2. The fraction of sp³-hybridized carbons (Fsp3) is 0.267. The molecule has 7 nitrogen and oxygen atoms in total. The normalized spacial score (nSPS) is 10.5. The molecule has 0 saturated heterocycles. The van der Waals surface area contributed by atoms with Crippen molar-refractivity contribution in [2.75, 3.05) is 11.9 Å². The Kier molecular flexibility index (Phi) is 5.51. The Labute approximate surface area is 150 Å². The maximum atomic E-state index is 12.4. The van der Waals surface area contributed by atoms with Gasteiger partial charge in [0.2, 0.25) is 0 Å². The molecule has 0 saturated carbocycles. The summed E-state index contributed by atoms with van der Waals surface area (Å²) in [5, 5.41) is 3.23. The molecule has 0 aliphatic carbocycles. The molecule has 0 aliphatic rings. The number of esters is 1. The molecule has 0 radical (unpaired) electrons. The van der Waals surface area contributed by atoms with Gasteiger partial charge >= 0.3 is 11.7 Å². The highest BCUT2D eigenvalue weighted by Gasteiger charge is 2.23. The van der Waals surface area contributed by atoms with E-state index in [9.17, 15) is 14.4 Å². The highest BCUT2D eigenvalue weighted by molar-refractivity contribution is 9.10. The van der Waals surface area contributed by atoms with E-state index >= 15 is 0 Å². The van der Waals surface area contributed by atoms with E-state index in [0.29, 0.717) is 10.7 Å². The van der Waals surface area contributed by atoms with Crippen LogP contribution in [0, 0.1) is 0 Å². The number of aromatic nitrogens is 2. The van der Waals surface area contributed by atoms with Crippen molar-refractivity contribution < 1.29 is 9.53 Å². The molecule has 1 aromatic heterocycles. The number of halogens is 2. The van der Waals surface area contributed by atoms with Gasteiger partial charge in [0.15, 0.2) is 5.56 Å². The van der Waals surface area contributed by atoms with E-state index in [1.165, 1.54) is 14.1 Å². The van der Waals surface area contributed by atoms with Crippen molar-refractivity contribution in [3.8, 4) is 0 Å². The van der Waals surface area contributed by atoms with E-state index in [1.807, 2.05) is 0 Å². The Morgan fingerprint density at radius 1 is 1.29 bits per heavy atom. The molecule has 1 N–H and O–H groups in total. The molecule has 9 heteroatoms. The standard InChI is InChI=1S/C15H15BrClN3O4/c1-4-24-14(22)11-12(19(2)15(23)20(3)13(11)21)18-10-6-5-8(16)7-9(10)17/h5-7,18H,4H2,1-3H3. The first-order valence-corrected chi connectivity index (χ1v) is 8.14. The third-order valence-corrected chi connectivity index (χ3v) is 4.13. The van der Waals surface area contributed by atoms with Crippen LogP contribution >= 0.6 is 27.5 Å². The molecule has 2 aromatic rings. The van der Waals surface area contributed by atoms with Gasteiger partial charge in [-0.05, 0) is 25.1 Å². The summed E-state index contributed by atoms with van der Waals surface area (Å²) in [7, 11) is 2.74. The van der Waals surface area contributed by atoms with Gasteiger partial charge in [-0.25, -0.2) is 9.59 Å². The maximum absolute atomic E-state index is 12.4. The molecule has 0 aliphatic heterocycles. The van der Waals surface area contributed by atoms with E-state index in [2.05, 4.69) is 21.2 Å². The van der Waals surface area contributed by atoms with Crippen LogP contribution in [-0.4, -0.2) is 21.7 Å². The first-order valence-electron chi connectivity index (χ1n) is 6.97. The zero-order valence-electron chi connectivity index (χ0n) is 13.2. The van der Waals surface area contributed by atoms with Crippen molar-refractivity contribution in [1.82, 2.24) is 9.13 Å². The first kappa shape index (κ1) is 18.3. The number of ether oxygens (including phenoxy) is 1. The molecule has 2 rings (SSSR count). The first-order chi connectivity index (χ1) is 11.3. The number of carbonyl (C=O) groups excluding carboxylic acids is 1. The van der Waals surface area contributed by atoms with Crippen LogP contribution in [0.15, 0.2) is 32.3 Å². The molecular formula is C15H15BrClN3O4. The molecular weight excluding hydrogens is 402 g/mol. The zero-order chi connectivity index (χ0) is 18.0. The van der Waals surface area contributed by atoms with Gasteiger partial charge in [0, 0.05) is 18.6 Å². The van der Waals surface area contributed by atoms with E-state index in [0.717, 1.165) is 13.6 Å². The Balaban J connectivity index is 2.69. The average molecular weight is 417 g/mol. The highest BCUT2D eigenvalue weighted by Crippen LogP contribution is 2.28. The number of nitrogens with one attached hydrogen (secondary N) is 1. The minimum absolute atomic E-state index is 0.0192. The second-order valence-corrected chi connectivity index (χ2v) is 6.22. The van der Waals surface area contributed by atoms with Crippen LogP contribution in [0.2, 0.25) is 5.02 Å². The van der Waals surface area contributed by atoms with Gasteiger partial charge in [0.25, 0.3) is 5.56 Å². The predicted octanol–water partition coefficient (Wildman–Crippen LogP) is 2.42. The third-order valence-electron chi connectivity index (χ3n) is 3.33. The smallest absolute Gasteiger partial charge is 0.347 e. The van der Waals surface area contributed by atoms with Crippen molar-refractivity contribution in [2.24, 2.45) is 14.1 Å². The van der Waals surface area contributed by atoms with E-state index < -0.39 is 17.2 Å². The molecule has 128 valence electrons. The summed E-state index contributed by atoms with van der Waals surface area (Å²) in [5.74, 6) is -0.796. The van der Waals surface area contributed by atoms with Gasteiger partial charge in [0.05, 0.1) is 17.3 Å². The van der Waals surface area contributed by atoms with Gasteiger partial charge < -0.3 is 10.1 Å². The molecule has 1 heterocycles. The summed E-state index contributed by atoms with van der Waals surface area (Å²) >= 11 is 9.45. The number of hydrogen-bond acceptors (Lipinski definition) is 5. The maximum Gasteiger partial charge on any atom is 0.347 e. The monoisotopic (exact) mass is 415 g/mol. The Bertz CT molecular complexity index is 920. The molecule has 0 fully saturated rings. The Morgan fingerprint density at radius 2 is 1.96 bits per heavy atom. The van der Waals surface area contributed by atoms with Crippen LogP contribution in [0.3, 0.4) is 0 Å². The van der Waals surface area contributed by atoms with Gasteiger partial charge in [-0.15, -0.1) is 0 Å². The van der Waals surface area contributed by atoms with Gasteiger partial charge in [0.1, 0.15) is 5.82 Å². The molecule has 1 aromatic carbocycles. The van der Waals surface area contributed by atoms with Gasteiger partial charge in [-0.3, -0.25) is 13.9 Å². The second-order valence-electron chi connectivity index (χ2n) is 4.90. The largest absolute Gasteiger partial charge is 0.462 e. The quantitative estimate of drug-likeness (QED) is 0.774. The van der Waals surface area contributed by atoms with Crippen molar-refractivity contribution in [1.29, 1.82) is 0 Å². The summed E-state index contributed by atoms with van der Waals surface area (Å²) in [6.07, 6.45) is 0. The van der Waals surface area contributed by atoms with Gasteiger partial charge in [-0.1, -0.05) is 27.5 Å². The number of anilines is 2. The van der Waals surface area contributed by atoms with Crippen molar-refractivity contribution in [3.05, 3.63) is 54.1 Å². The Hall–Kier alpha value is -2.06. The summed E-state index contributed by atoms with van der Waals surface area (Å²) in [6.45, 7) is 1.73. The molecule has 24 heavy (non-hydrogen) atoms. The van der Waals surface area contributed by atoms with Crippen molar-refractivity contribution in [3.63, 3.8) is 0 Å². The Morgan fingerprint density at radius 3 is 2.54 bits per heavy atom. The second kappa shape index (κ2) is 7.23. The van der Waals surface area contributed by atoms with Crippen LogP contribution in [0.1, 0.15) is 17.3 Å². The van der Waals surface area contributed by atoms with Crippen LogP contribution in [0.4, 0.5) is 11.5 Å². The lowest BCUT2D eigenvalue weighted by Crippen LogP contribution is -2.41. The van der Waals surface area contributed by atoms with Crippen molar-refractivity contribution in [2.45, 2.75) is 6.92 Å². The number of hydrogen-bond donors (Lipinski definition) is 1. The summed E-state index contributed by atoms with van der Waals surface area (Å²) in [5.41, 5.74) is -1.15. The number of rotatable bonds is 4. The average Bonchev–Trinajstić information content (AvgIpc) is 2.53. The van der Waals surface area contributed by atoms with E-state index in [1.54, 1.807) is 25.1 Å². The van der Waals surface area contributed by atoms with Crippen LogP contribution in [0.5, 0.6) is 0 Å². The lowest BCUT2D eigenvalue weighted by molar-refractivity contribution is 0.0523. The lowest BCUT2D eigenvalue weighted by Gasteiger charge is -2.16. The topological polar surface area (TPSA) is 82.3 Å². The molecule has 0 atom stereocenters. The number of carbonyl (C=O) groups is 1. The summed E-state index contributed by atoms with van der Waals surface area (Å²) in [4.78, 5) is 36.7. The van der Waals surface area contributed by atoms with Crippen molar-refractivity contribution >= 4 is 45.0 Å².